The van der Waals surface area contributed by atoms with Crippen LogP contribution < -0.4 is 4.74 Å². The summed E-state index contributed by atoms with van der Waals surface area (Å²) in [7, 11) is 1.68. The zero-order valence-electron chi connectivity index (χ0n) is 16.2. The van der Waals surface area contributed by atoms with Crippen LogP contribution in [0.2, 0.25) is 0 Å². The molecule has 2 aromatic rings. The summed E-state index contributed by atoms with van der Waals surface area (Å²) in [6.07, 6.45) is 1.74. The molecular weight excluding hydrogens is 298 g/mol. The van der Waals surface area contributed by atoms with E-state index in [1.54, 1.807) is 13.3 Å². The molecule has 3 nitrogen and oxygen atoms in total. The lowest BCUT2D eigenvalue weighted by atomic mass is 10.0. The summed E-state index contributed by atoms with van der Waals surface area (Å²) in [5, 5.41) is 8.78. The molecule has 24 heavy (non-hydrogen) atoms. The van der Waals surface area contributed by atoms with Crippen LogP contribution in [0, 0.1) is 0 Å². The normalized spacial score (nSPS) is 9.75. The van der Waals surface area contributed by atoms with E-state index < -0.39 is 0 Å². The van der Waals surface area contributed by atoms with Crippen molar-refractivity contribution in [2.45, 2.75) is 60.0 Å². The molecule has 0 amide bonds. The molecule has 0 aliphatic carbocycles. The molecule has 1 aromatic heterocycles. The fourth-order valence-electron chi connectivity index (χ4n) is 1.93. The Bertz CT molecular complexity index is 548. The van der Waals surface area contributed by atoms with E-state index in [0.717, 1.165) is 11.4 Å². The Hall–Kier alpha value is -1.87. The van der Waals surface area contributed by atoms with Crippen LogP contribution in [0.5, 0.6) is 5.75 Å². The first-order valence-corrected chi connectivity index (χ1v) is 8.67. The van der Waals surface area contributed by atoms with Crippen LogP contribution >= 0.6 is 0 Å². The molecule has 1 aromatic carbocycles. The van der Waals surface area contributed by atoms with Gasteiger partial charge in [-0.2, -0.15) is 0 Å². The Morgan fingerprint density at radius 3 is 1.88 bits per heavy atom. The van der Waals surface area contributed by atoms with Crippen molar-refractivity contribution in [2.75, 3.05) is 7.11 Å². The summed E-state index contributed by atoms with van der Waals surface area (Å²) in [5.41, 5.74) is 3.33. The second-order valence-electron chi connectivity index (χ2n) is 5.82. The predicted molar refractivity (Wildman–Crippen MR) is 103 cm³/mol. The molecule has 0 spiro atoms. The van der Waals surface area contributed by atoms with E-state index in [0.29, 0.717) is 11.8 Å². The first kappa shape index (κ1) is 22.1. The van der Waals surface area contributed by atoms with Gasteiger partial charge in [0.15, 0.2) is 0 Å². The van der Waals surface area contributed by atoms with Crippen LogP contribution in [-0.4, -0.2) is 17.2 Å². The summed E-state index contributed by atoms with van der Waals surface area (Å²) in [4.78, 5) is 3.99. The van der Waals surface area contributed by atoms with Crippen LogP contribution in [0.3, 0.4) is 0 Å². The van der Waals surface area contributed by atoms with Crippen molar-refractivity contribution >= 4 is 0 Å². The molecule has 0 aliphatic heterocycles. The maximum Gasteiger partial charge on any atom is 0.118 e. The second-order valence-corrected chi connectivity index (χ2v) is 5.82. The van der Waals surface area contributed by atoms with Crippen molar-refractivity contribution in [1.29, 1.82) is 0 Å². The van der Waals surface area contributed by atoms with Crippen molar-refractivity contribution in [3.63, 3.8) is 0 Å². The molecule has 1 N–H and O–H groups in total. The first-order valence-electron chi connectivity index (χ1n) is 8.67. The van der Waals surface area contributed by atoms with E-state index in [4.69, 9.17) is 9.84 Å². The van der Waals surface area contributed by atoms with Gasteiger partial charge in [-0.1, -0.05) is 53.7 Å². The van der Waals surface area contributed by atoms with Gasteiger partial charge in [-0.05, 0) is 47.2 Å². The number of hydrogen-bond acceptors (Lipinski definition) is 3. The van der Waals surface area contributed by atoms with Crippen LogP contribution in [0.15, 0.2) is 42.6 Å². The SMILES string of the molecule is CC.CC(C)c1ccnc(CO)c1.COc1ccc(C(C)C)cc1. The highest BCUT2D eigenvalue weighted by Crippen LogP contribution is 2.17. The number of hydrogen-bond donors (Lipinski definition) is 1. The van der Waals surface area contributed by atoms with Crippen molar-refractivity contribution in [3.8, 4) is 5.75 Å². The van der Waals surface area contributed by atoms with E-state index in [1.807, 2.05) is 38.1 Å². The summed E-state index contributed by atoms with van der Waals surface area (Å²) >= 11 is 0. The van der Waals surface area contributed by atoms with Crippen LogP contribution in [0.25, 0.3) is 0 Å². The number of pyridine rings is 1. The Morgan fingerprint density at radius 1 is 0.917 bits per heavy atom. The fourth-order valence-corrected chi connectivity index (χ4v) is 1.93. The van der Waals surface area contributed by atoms with E-state index >= 15 is 0 Å². The van der Waals surface area contributed by atoms with Gasteiger partial charge in [-0.25, -0.2) is 0 Å². The standard InChI is InChI=1S/C10H14O.C9H13NO.C2H6/c1-8(2)9-4-6-10(11-3)7-5-9;1-7(2)8-3-4-10-9(5-8)6-11;1-2/h4-8H,1-3H3;3-5,7,11H,6H2,1-2H3;1-2H3. The van der Waals surface area contributed by atoms with Gasteiger partial charge in [0.05, 0.1) is 19.4 Å². The molecule has 0 saturated carbocycles. The van der Waals surface area contributed by atoms with Gasteiger partial charge in [0.25, 0.3) is 0 Å². The quantitative estimate of drug-likeness (QED) is 0.799. The van der Waals surface area contributed by atoms with Gasteiger partial charge in [-0.3, -0.25) is 4.98 Å². The number of benzene rings is 1. The Labute approximate surface area is 147 Å². The predicted octanol–water partition coefficient (Wildman–Crippen LogP) is 5.54. The topological polar surface area (TPSA) is 42.4 Å². The molecule has 0 fully saturated rings. The smallest absolute Gasteiger partial charge is 0.118 e. The van der Waals surface area contributed by atoms with Crippen molar-refractivity contribution in [1.82, 2.24) is 4.98 Å². The maximum atomic E-state index is 8.78. The van der Waals surface area contributed by atoms with Gasteiger partial charge < -0.3 is 9.84 Å². The summed E-state index contributed by atoms with van der Waals surface area (Å²) in [6.45, 7) is 12.6. The average Bonchev–Trinajstić information content (AvgIpc) is 2.64. The molecule has 0 saturated heterocycles. The number of ether oxygens (including phenoxy) is 1. The number of rotatable bonds is 4. The summed E-state index contributed by atoms with van der Waals surface area (Å²) in [6, 6.07) is 12.1. The van der Waals surface area contributed by atoms with E-state index in [9.17, 15) is 0 Å². The third kappa shape index (κ3) is 8.11. The monoisotopic (exact) mass is 331 g/mol. The van der Waals surface area contributed by atoms with Crippen LogP contribution in [0.4, 0.5) is 0 Å². The van der Waals surface area contributed by atoms with Crippen molar-refractivity contribution < 1.29 is 9.84 Å². The van der Waals surface area contributed by atoms with Crippen molar-refractivity contribution in [2.24, 2.45) is 0 Å². The molecule has 2 rings (SSSR count). The molecule has 0 bridgehead atoms. The minimum absolute atomic E-state index is 0.0283. The fraction of sp³-hybridized carbons (Fsp3) is 0.476. The van der Waals surface area contributed by atoms with E-state index in [1.165, 1.54) is 11.1 Å². The third-order valence-corrected chi connectivity index (χ3v) is 3.45. The van der Waals surface area contributed by atoms with E-state index in [2.05, 4.69) is 44.8 Å². The highest BCUT2D eigenvalue weighted by Gasteiger charge is 1.99. The van der Waals surface area contributed by atoms with Gasteiger partial charge in [0.1, 0.15) is 5.75 Å². The zero-order valence-corrected chi connectivity index (χ0v) is 16.2. The average molecular weight is 332 g/mol. The summed E-state index contributed by atoms with van der Waals surface area (Å²) < 4.78 is 5.05. The van der Waals surface area contributed by atoms with Crippen LogP contribution in [0.1, 0.15) is 70.2 Å². The minimum atomic E-state index is 0.0283. The molecular formula is C21H33NO2. The lowest BCUT2D eigenvalue weighted by Gasteiger charge is -2.05. The lowest BCUT2D eigenvalue weighted by Crippen LogP contribution is -1.93. The van der Waals surface area contributed by atoms with Gasteiger partial charge >= 0.3 is 0 Å². The van der Waals surface area contributed by atoms with Gasteiger partial charge in [-0.15, -0.1) is 0 Å². The highest BCUT2D eigenvalue weighted by atomic mass is 16.5. The molecule has 1 heterocycles. The first-order chi connectivity index (χ1) is 11.5. The van der Waals surface area contributed by atoms with Crippen LogP contribution in [-0.2, 0) is 6.61 Å². The van der Waals surface area contributed by atoms with Gasteiger partial charge in [0, 0.05) is 6.20 Å². The van der Waals surface area contributed by atoms with Crippen molar-refractivity contribution in [3.05, 3.63) is 59.4 Å². The number of nitrogens with zero attached hydrogens (tertiary/aromatic N) is 1. The molecule has 0 unspecified atom stereocenters. The zero-order chi connectivity index (χ0) is 18.5. The maximum absolute atomic E-state index is 8.78. The van der Waals surface area contributed by atoms with Gasteiger partial charge in [0.2, 0.25) is 0 Å². The summed E-state index contributed by atoms with van der Waals surface area (Å²) in [5.74, 6) is 2.03. The number of aromatic nitrogens is 1. The molecule has 3 heteroatoms. The number of aliphatic hydroxyl groups excluding tert-OH is 1. The second kappa shape index (κ2) is 12.5. The highest BCUT2D eigenvalue weighted by molar-refractivity contribution is 5.28. The minimum Gasteiger partial charge on any atom is -0.497 e. The lowest BCUT2D eigenvalue weighted by molar-refractivity contribution is 0.276. The number of aliphatic hydroxyl groups is 1. The Balaban J connectivity index is 0.000000400. The Kier molecular flexibility index (Phi) is 11.6. The largest absolute Gasteiger partial charge is 0.497 e. The third-order valence-electron chi connectivity index (χ3n) is 3.45. The molecule has 0 atom stereocenters. The van der Waals surface area contributed by atoms with E-state index in [-0.39, 0.29) is 6.61 Å². The number of methoxy groups -OCH3 is 1. The Morgan fingerprint density at radius 2 is 1.46 bits per heavy atom. The molecule has 0 aliphatic rings. The molecule has 0 radical (unpaired) electrons. The molecule has 134 valence electrons.